The average molecular weight is 143 g/mol. The van der Waals surface area contributed by atoms with E-state index in [1.54, 1.807) is 0 Å². The van der Waals surface area contributed by atoms with Crippen LogP contribution in [0.5, 0.6) is 0 Å². The second kappa shape index (κ2) is 5.72. The van der Waals surface area contributed by atoms with Crippen LogP contribution in [0, 0.1) is 5.92 Å². The zero-order valence-electron chi connectivity index (χ0n) is 7.56. The first kappa shape index (κ1) is 9.96. The molecular weight excluding hydrogens is 122 g/mol. The van der Waals surface area contributed by atoms with Crippen molar-refractivity contribution in [1.29, 1.82) is 0 Å². The van der Waals surface area contributed by atoms with Crippen molar-refractivity contribution in [2.45, 2.75) is 52.5 Å². The van der Waals surface area contributed by atoms with Gasteiger partial charge in [0.05, 0.1) is 0 Å². The second-order valence-electron chi connectivity index (χ2n) is 3.49. The molecule has 0 aliphatic heterocycles. The van der Waals surface area contributed by atoms with E-state index in [1.807, 2.05) is 0 Å². The molecule has 0 aromatic heterocycles. The topological polar surface area (TPSA) is 26.0 Å². The average Bonchev–Trinajstić information content (AvgIpc) is 1.85. The van der Waals surface area contributed by atoms with Crippen molar-refractivity contribution in [2.75, 3.05) is 0 Å². The molecule has 0 aromatic rings. The fraction of sp³-hybridized carbons (Fsp3) is 1.00. The minimum Gasteiger partial charge on any atom is -0.328 e. The summed E-state index contributed by atoms with van der Waals surface area (Å²) in [5.74, 6) is 0.884. The van der Waals surface area contributed by atoms with E-state index in [9.17, 15) is 0 Å². The van der Waals surface area contributed by atoms with Gasteiger partial charge in [0.2, 0.25) is 0 Å². The Labute approximate surface area is 65.0 Å². The Hall–Kier alpha value is -0.0400. The van der Waals surface area contributed by atoms with Gasteiger partial charge in [-0.05, 0) is 18.8 Å². The van der Waals surface area contributed by atoms with Crippen LogP contribution in [0.2, 0.25) is 0 Å². The van der Waals surface area contributed by atoms with Gasteiger partial charge < -0.3 is 5.73 Å². The summed E-state index contributed by atoms with van der Waals surface area (Å²) in [6.45, 7) is 6.64. The monoisotopic (exact) mass is 143 g/mol. The van der Waals surface area contributed by atoms with Crippen LogP contribution in [-0.4, -0.2) is 6.04 Å². The van der Waals surface area contributed by atoms with Crippen molar-refractivity contribution in [3.63, 3.8) is 0 Å². The smallest absolute Gasteiger partial charge is 0.00388 e. The summed E-state index contributed by atoms with van der Waals surface area (Å²) >= 11 is 0. The van der Waals surface area contributed by atoms with Gasteiger partial charge in [0.15, 0.2) is 0 Å². The van der Waals surface area contributed by atoms with Crippen molar-refractivity contribution < 1.29 is 0 Å². The van der Waals surface area contributed by atoms with E-state index in [1.165, 1.54) is 25.7 Å². The zero-order chi connectivity index (χ0) is 7.98. The molecule has 1 rings (SSSR count). The number of nitrogens with two attached hydrogens (primary N) is 1. The molecule has 0 aromatic carbocycles. The van der Waals surface area contributed by atoms with E-state index >= 15 is 0 Å². The second-order valence-corrected chi connectivity index (χ2v) is 3.49. The molecule has 10 heavy (non-hydrogen) atoms. The number of rotatable bonds is 1. The van der Waals surface area contributed by atoms with Crippen molar-refractivity contribution in [3.05, 3.63) is 0 Å². The van der Waals surface area contributed by atoms with Crippen LogP contribution >= 0.6 is 0 Å². The van der Waals surface area contributed by atoms with Gasteiger partial charge in [-0.1, -0.05) is 33.6 Å². The lowest BCUT2D eigenvalue weighted by atomic mass is 9.95. The van der Waals surface area contributed by atoms with Crippen molar-refractivity contribution in [3.8, 4) is 0 Å². The summed E-state index contributed by atoms with van der Waals surface area (Å²) < 4.78 is 0. The molecule has 2 N–H and O–H groups in total. The lowest BCUT2D eigenvalue weighted by Gasteiger charge is -2.18. The first-order chi connectivity index (χ1) is 4.66. The first-order valence-corrected chi connectivity index (χ1v) is 4.42. The molecular formula is C9H21N. The first-order valence-electron chi connectivity index (χ1n) is 4.42. The van der Waals surface area contributed by atoms with Gasteiger partial charge in [-0.3, -0.25) is 0 Å². The van der Waals surface area contributed by atoms with E-state index in [2.05, 4.69) is 20.8 Å². The molecule has 62 valence electrons. The third-order valence-electron chi connectivity index (χ3n) is 1.97. The molecule has 0 saturated heterocycles. The molecule has 0 unspecified atom stereocenters. The van der Waals surface area contributed by atoms with Crippen LogP contribution in [0.3, 0.4) is 0 Å². The lowest BCUT2D eigenvalue weighted by Crippen LogP contribution is -2.27. The van der Waals surface area contributed by atoms with E-state index in [4.69, 9.17) is 5.73 Å². The van der Waals surface area contributed by atoms with Crippen LogP contribution in [0.1, 0.15) is 46.5 Å². The Morgan fingerprint density at radius 3 is 1.70 bits per heavy atom. The molecule has 1 nitrogen and oxygen atoms in total. The van der Waals surface area contributed by atoms with E-state index in [-0.39, 0.29) is 0 Å². The van der Waals surface area contributed by atoms with Crippen LogP contribution in [0.4, 0.5) is 0 Å². The molecule has 0 spiro atoms. The summed E-state index contributed by atoms with van der Waals surface area (Å²) in [5.41, 5.74) is 5.38. The lowest BCUT2D eigenvalue weighted by molar-refractivity contribution is 0.418. The van der Waals surface area contributed by atoms with Gasteiger partial charge in [-0.15, -0.1) is 0 Å². The van der Waals surface area contributed by atoms with Crippen molar-refractivity contribution in [2.24, 2.45) is 11.7 Å². The molecule has 1 aliphatic carbocycles. The molecule has 0 radical (unpaired) electrons. The molecule has 0 amide bonds. The Morgan fingerprint density at radius 2 is 1.70 bits per heavy atom. The Kier molecular flexibility index (Phi) is 5.70. The maximum Gasteiger partial charge on any atom is 0.00388 e. The molecule has 1 heteroatoms. The summed E-state index contributed by atoms with van der Waals surface area (Å²) in [4.78, 5) is 0. The fourth-order valence-electron chi connectivity index (χ4n) is 0.440. The largest absolute Gasteiger partial charge is 0.328 e. The summed E-state index contributed by atoms with van der Waals surface area (Å²) in [5, 5.41) is 0. The highest BCUT2D eigenvalue weighted by molar-refractivity contribution is 4.70. The van der Waals surface area contributed by atoms with Crippen molar-refractivity contribution >= 4 is 0 Å². The molecule has 0 atom stereocenters. The van der Waals surface area contributed by atoms with Crippen molar-refractivity contribution in [1.82, 2.24) is 0 Å². The molecule has 0 heterocycles. The highest BCUT2D eigenvalue weighted by Gasteiger charge is 2.09. The van der Waals surface area contributed by atoms with E-state index < -0.39 is 0 Å². The molecule has 1 saturated carbocycles. The molecule has 1 fully saturated rings. The van der Waals surface area contributed by atoms with E-state index in [0.717, 1.165) is 5.92 Å². The van der Waals surface area contributed by atoms with Gasteiger partial charge in [0, 0.05) is 6.04 Å². The highest BCUT2D eigenvalue weighted by Crippen LogP contribution is 2.14. The SMILES string of the molecule is CCC(C)C.NC1CCC1. The maximum absolute atomic E-state index is 5.38. The Bertz CT molecular complexity index is 61.1. The van der Waals surface area contributed by atoms with Gasteiger partial charge in [-0.2, -0.15) is 0 Å². The van der Waals surface area contributed by atoms with Gasteiger partial charge in [0.25, 0.3) is 0 Å². The van der Waals surface area contributed by atoms with Crippen LogP contribution < -0.4 is 5.73 Å². The molecule has 0 bridgehead atoms. The quantitative estimate of drug-likeness (QED) is 0.600. The minimum atomic E-state index is 0.565. The standard InChI is InChI=1S/C5H12.C4H9N/c1-4-5(2)3;5-4-2-1-3-4/h5H,4H2,1-3H3;4H,1-3,5H2. The number of hydrogen-bond acceptors (Lipinski definition) is 1. The van der Waals surface area contributed by atoms with Gasteiger partial charge in [0.1, 0.15) is 0 Å². The summed E-state index contributed by atoms with van der Waals surface area (Å²) in [7, 11) is 0. The van der Waals surface area contributed by atoms with Gasteiger partial charge in [-0.25, -0.2) is 0 Å². The minimum absolute atomic E-state index is 0.565. The number of hydrogen-bond donors (Lipinski definition) is 1. The van der Waals surface area contributed by atoms with Crippen LogP contribution in [0.25, 0.3) is 0 Å². The third kappa shape index (κ3) is 6.09. The predicted molar refractivity (Wildman–Crippen MR) is 47.0 cm³/mol. The third-order valence-corrected chi connectivity index (χ3v) is 1.97. The summed E-state index contributed by atoms with van der Waals surface area (Å²) in [6.07, 6.45) is 5.20. The van der Waals surface area contributed by atoms with Gasteiger partial charge >= 0.3 is 0 Å². The predicted octanol–water partition coefficient (Wildman–Crippen LogP) is 2.55. The van der Waals surface area contributed by atoms with E-state index in [0.29, 0.717) is 6.04 Å². The Balaban J connectivity index is 0.000000162. The fourth-order valence-corrected chi connectivity index (χ4v) is 0.440. The normalized spacial score (nSPS) is 17.7. The Morgan fingerprint density at radius 1 is 1.40 bits per heavy atom. The highest BCUT2D eigenvalue weighted by atomic mass is 14.6. The van der Waals surface area contributed by atoms with Crippen LogP contribution in [0.15, 0.2) is 0 Å². The zero-order valence-corrected chi connectivity index (χ0v) is 7.56. The molecule has 1 aliphatic rings. The van der Waals surface area contributed by atoms with Crippen LogP contribution in [-0.2, 0) is 0 Å². The summed E-state index contributed by atoms with van der Waals surface area (Å²) in [6, 6.07) is 0.565. The maximum atomic E-state index is 5.38.